The highest BCUT2D eigenvalue weighted by atomic mass is 35.5. The van der Waals surface area contributed by atoms with Gasteiger partial charge in [0, 0.05) is 10.5 Å². The van der Waals surface area contributed by atoms with E-state index in [4.69, 9.17) is 32.7 Å². The molecule has 3 nitrogen and oxygen atoms in total. The molecule has 0 aromatic heterocycles. The van der Waals surface area contributed by atoms with Gasteiger partial charge in [0.05, 0.1) is 15.8 Å². The molecule has 3 rings (SSSR count). The number of carbonyl (C=O) groups is 1. The van der Waals surface area contributed by atoms with Crippen molar-refractivity contribution in [1.82, 2.24) is 0 Å². The molecule has 0 atom stereocenters. The normalized spacial score (nSPS) is 12.5. The van der Waals surface area contributed by atoms with Crippen molar-refractivity contribution in [3.05, 3.63) is 52.0 Å². The second kappa shape index (κ2) is 6.18. The zero-order chi connectivity index (χ0) is 14.8. The molecule has 0 spiro atoms. The number of hydrogen-bond donors (Lipinski definition) is 0. The molecule has 6 heteroatoms. The summed E-state index contributed by atoms with van der Waals surface area (Å²) < 4.78 is 10.5. The zero-order valence-corrected chi connectivity index (χ0v) is 13.1. The molecular formula is C15H10Cl2O3S. The van der Waals surface area contributed by atoms with Crippen molar-refractivity contribution in [2.24, 2.45) is 0 Å². The largest absolute Gasteiger partial charge is 0.454 e. The van der Waals surface area contributed by atoms with Crippen molar-refractivity contribution in [1.29, 1.82) is 0 Å². The predicted molar refractivity (Wildman–Crippen MR) is 84.1 cm³/mol. The lowest BCUT2D eigenvalue weighted by Gasteiger charge is -2.04. The Hall–Kier alpha value is -1.36. The number of thioether (sulfide) groups is 1. The zero-order valence-electron chi connectivity index (χ0n) is 10.8. The summed E-state index contributed by atoms with van der Waals surface area (Å²) in [5.41, 5.74) is 0.604. The van der Waals surface area contributed by atoms with Crippen molar-refractivity contribution >= 4 is 40.7 Å². The van der Waals surface area contributed by atoms with Gasteiger partial charge in [0.15, 0.2) is 17.3 Å². The Morgan fingerprint density at radius 3 is 2.67 bits per heavy atom. The van der Waals surface area contributed by atoms with Crippen LogP contribution in [0.2, 0.25) is 10.0 Å². The molecule has 2 aromatic carbocycles. The molecule has 0 unspecified atom stereocenters. The van der Waals surface area contributed by atoms with E-state index in [2.05, 4.69) is 0 Å². The number of ketones is 1. The van der Waals surface area contributed by atoms with Gasteiger partial charge in [0.2, 0.25) is 6.79 Å². The summed E-state index contributed by atoms with van der Waals surface area (Å²) in [5, 5.41) is 0.986. The number of hydrogen-bond acceptors (Lipinski definition) is 4. The Bertz CT molecular complexity index is 703. The summed E-state index contributed by atoms with van der Waals surface area (Å²) in [5.74, 6) is 1.62. The van der Waals surface area contributed by atoms with E-state index in [-0.39, 0.29) is 12.6 Å². The van der Waals surface area contributed by atoms with Gasteiger partial charge in [-0.05, 0) is 36.4 Å². The van der Waals surface area contributed by atoms with Crippen LogP contribution in [0.15, 0.2) is 41.3 Å². The van der Waals surface area contributed by atoms with E-state index in [0.717, 1.165) is 4.90 Å². The fourth-order valence-electron chi connectivity index (χ4n) is 1.87. The van der Waals surface area contributed by atoms with Crippen LogP contribution < -0.4 is 9.47 Å². The minimum absolute atomic E-state index is 0.0179. The lowest BCUT2D eigenvalue weighted by molar-refractivity contribution is 0.102. The van der Waals surface area contributed by atoms with Crippen molar-refractivity contribution in [2.45, 2.75) is 4.90 Å². The molecule has 0 aliphatic carbocycles. The molecule has 0 bridgehead atoms. The Morgan fingerprint density at radius 2 is 1.86 bits per heavy atom. The minimum atomic E-state index is 0.0179. The quantitative estimate of drug-likeness (QED) is 0.597. The molecule has 1 aliphatic rings. The number of ether oxygens (including phenoxy) is 2. The first kappa shape index (κ1) is 14.6. The van der Waals surface area contributed by atoms with E-state index in [1.807, 2.05) is 6.07 Å². The Kier molecular flexibility index (Phi) is 4.29. The third-order valence-corrected chi connectivity index (χ3v) is 4.69. The molecular weight excluding hydrogens is 331 g/mol. The number of halogens is 2. The second-order valence-corrected chi connectivity index (χ2v) is 6.22. The van der Waals surface area contributed by atoms with Gasteiger partial charge in [0.25, 0.3) is 0 Å². The van der Waals surface area contributed by atoms with Gasteiger partial charge in [-0.25, -0.2) is 0 Å². The lowest BCUT2D eigenvalue weighted by atomic mass is 10.1. The highest BCUT2D eigenvalue weighted by Crippen LogP contribution is 2.33. The SMILES string of the molecule is O=C(CSc1ccc(Cl)c(Cl)c1)c1ccc2c(c1)OCO2. The second-order valence-electron chi connectivity index (χ2n) is 4.36. The monoisotopic (exact) mass is 340 g/mol. The standard InChI is InChI=1S/C15H10Cl2O3S/c16-11-3-2-10(6-12(11)17)21-7-13(18)9-1-4-14-15(5-9)20-8-19-14/h1-6H,7-8H2. The summed E-state index contributed by atoms with van der Waals surface area (Å²) >= 11 is 13.2. The molecule has 0 saturated heterocycles. The van der Waals surface area contributed by atoms with Gasteiger partial charge in [-0.15, -0.1) is 11.8 Å². The Balaban J connectivity index is 1.67. The number of carbonyl (C=O) groups excluding carboxylic acids is 1. The lowest BCUT2D eigenvalue weighted by Crippen LogP contribution is -2.02. The third kappa shape index (κ3) is 3.28. The van der Waals surface area contributed by atoms with Crippen molar-refractivity contribution in [3.8, 4) is 11.5 Å². The first-order valence-corrected chi connectivity index (χ1v) is 7.88. The van der Waals surface area contributed by atoms with Gasteiger partial charge in [-0.3, -0.25) is 4.79 Å². The van der Waals surface area contributed by atoms with Crippen LogP contribution in [-0.2, 0) is 0 Å². The van der Waals surface area contributed by atoms with Crippen LogP contribution >= 0.6 is 35.0 Å². The summed E-state index contributed by atoms with van der Waals surface area (Å²) in [6.45, 7) is 0.199. The van der Waals surface area contributed by atoms with Crippen LogP contribution in [0.1, 0.15) is 10.4 Å². The van der Waals surface area contributed by atoms with Crippen LogP contribution in [0, 0.1) is 0 Å². The highest BCUT2D eigenvalue weighted by Gasteiger charge is 2.16. The molecule has 108 valence electrons. The van der Waals surface area contributed by atoms with Gasteiger partial charge in [-0.2, -0.15) is 0 Å². The summed E-state index contributed by atoms with van der Waals surface area (Å²) in [6.07, 6.45) is 0. The van der Waals surface area contributed by atoms with Crippen molar-refractivity contribution in [3.63, 3.8) is 0 Å². The number of Topliss-reactive ketones (excluding diaryl/α,β-unsaturated/α-hetero) is 1. The maximum absolute atomic E-state index is 12.2. The first-order chi connectivity index (χ1) is 10.1. The van der Waals surface area contributed by atoms with E-state index in [1.165, 1.54) is 11.8 Å². The van der Waals surface area contributed by atoms with E-state index in [1.54, 1.807) is 30.3 Å². The highest BCUT2D eigenvalue weighted by molar-refractivity contribution is 8.00. The number of rotatable bonds is 4. The topological polar surface area (TPSA) is 35.5 Å². The Labute approximate surface area is 136 Å². The fourth-order valence-corrected chi connectivity index (χ4v) is 3.06. The third-order valence-electron chi connectivity index (χ3n) is 2.96. The maximum atomic E-state index is 12.2. The van der Waals surface area contributed by atoms with Gasteiger partial charge in [0.1, 0.15) is 0 Å². The van der Waals surface area contributed by atoms with E-state index in [0.29, 0.717) is 32.9 Å². The maximum Gasteiger partial charge on any atom is 0.231 e. The van der Waals surface area contributed by atoms with Crippen LogP contribution in [0.5, 0.6) is 11.5 Å². The molecule has 0 radical (unpaired) electrons. The molecule has 2 aromatic rings. The van der Waals surface area contributed by atoms with Crippen LogP contribution in [-0.4, -0.2) is 18.3 Å². The van der Waals surface area contributed by atoms with E-state index in [9.17, 15) is 4.79 Å². The first-order valence-electron chi connectivity index (χ1n) is 6.14. The summed E-state index contributed by atoms with van der Waals surface area (Å²) in [4.78, 5) is 13.1. The molecule has 0 fully saturated rings. The Morgan fingerprint density at radius 1 is 1.05 bits per heavy atom. The van der Waals surface area contributed by atoms with Crippen LogP contribution in [0.3, 0.4) is 0 Å². The van der Waals surface area contributed by atoms with Gasteiger partial charge in [-0.1, -0.05) is 23.2 Å². The number of fused-ring (bicyclic) bond motifs is 1. The average molecular weight is 341 g/mol. The van der Waals surface area contributed by atoms with E-state index >= 15 is 0 Å². The smallest absolute Gasteiger partial charge is 0.231 e. The van der Waals surface area contributed by atoms with Crippen molar-refractivity contribution < 1.29 is 14.3 Å². The summed E-state index contributed by atoms with van der Waals surface area (Å²) in [7, 11) is 0. The summed E-state index contributed by atoms with van der Waals surface area (Å²) in [6, 6.07) is 10.5. The minimum Gasteiger partial charge on any atom is -0.454 e. The van der Waals surface area contributed by atoms with Crippen LogP contribution in [0.4, 0.5) is 0 Å². The molecule has 21 heavy (non-hydrogen) atoms. The fraction of sp³-hybridized carbons (Fsp3) is 0.133. The molecule has 0 saturated carbocycles. The average Bonchev–Trinajstić information content (AvgIpc) is 2.95. The van der Waals surface area contributed by atoms with Gasteiger partial charge >= 0.3 is 0 Å². The molecule has 1 heterocycles. The van der Waals surface area contributed by atoms with E-state index < -0.39 is 0 Å². The van der Waals surface area contributed by atoms with Gasteiger partial charge < -0.3 is 9.47 Å². The van der Waals surface area contributed by atoms with Crippen molar-refractivity contribution in [2.75, 3.05) is 12.5 Å². The number of benzene rings is 2. The molecule has 0 amide bonds. The predicted octanol–water partition coefficient (Wildman–Crippen LogP) is 4.70. The molecule has 0 N–H and O–H groups in total. The van der Waals surface area contributed by atoms with Crippen LogP contribution in [0.25, 0.3) is 0 Å². The molecule has 1 aliphatic heterocycles.